The average molecular weight is 314 g/mol. The third-order valence-corrected chi connectivity index (χ3v) is 4.52. The molecule has 1 unspecified atom stereocenters. The van der Waals surface area contributed by atoms with Crippen LogP contribution in [0, 0.1) is 18.3 Å². The van der Waals surface area contributed by atoms with Crippen molar-refractivity contribution in [3.63, 3.8) is 0 Å². The third kappa shape index (κ3) is 6.25. The summed E-state index contributed by atoms with van der Waals surface area (Å²) in [6, 6.07) is 5.50. The topological polar surface area (TPSA) is 41.5 Å². The smallest absolute Gasteiger partial charge is 0.119 e. The summed E-state index contributed by atoms with van der Waals surface area (Å²) in [6.07, 6.45) is -0.524. The Morgan fingerprint density at radius 3 is 2.57 bits per heavy atom. The molecule has 2 N–H and O–H groups in total. The van der Waals surface area contributed by atoms with Crippen LogP contribution in [0.4, 0.5) is 0 Å². The monoisotopic (exact) mass is 313 g/mol. The molecule has 0 fully saturated rings. The molecular weight excluding hydrogens is 286 g/mol. The van der Waals surface area contributed by atoms with Gasteiger partial charge in [-0.05, 0) is 42.0 Å². The van der Waals surface area contributed by atoms with Crippen molar-refractivity contribution in [2.45, 2.75) is 40.7 Å². The number of nitrogens with one attached hydrogen (secondary N) is 1. The van der Waals surface area contributed by atoms with Crippen molar-refractivity contribution in [2.75, 3.05) is 19.7 Å². The molecule has 0 aromatic heterocycles. The van der Waals surface area contributed by atoms with Gasteiger partial charge < -0.3 is 15.2 Å². The molecule has 0 amide bonds. The van der Waals surface area contributed by atoms with Crippen molar-refractivity contribution >= 4 is 11.6 Å². The van der Waals surface area contributed by atoms with E-state index in [4.69, 9.17) is 16.3 Å². The number of hydrogen-bond acceptors (Lipinski definition) is 3. The van der Waals surface area contributed by atoms with Gasteiger partial charge in [-0.2, -0.15) is 0 Å². The summed E-state index contributed by atoms with van der Waals surface area (Å²) in [7, 11) is 0. The van der Waals surface area contributed by atoms with E-state index in [0.29, 0.717) is 12.5 Å². The van der Waals surface area contributed by atoms with E-state index in [1.807, 2.05) is 25.1 Å². The fourth-order valence-corrected chi connectivity index (χ4v) is 1.84. The molecule has 0 saturated heterocycles. The van der Waals surface area contributed by atoms with Gasteiger partial charge in [-0.1, -0.05) is 39.3 Å². The van der Waals surface area contributed by atoms with E-state index in [1.54, 1.807) is 0 Å². The normalized spacial score (nSPS) is 13.5. The summed E-state index contributed by atoms with van der Waals surface area (Å²) >= 11 is 5.97. The molecule has 21 heavy (non-hydrogen) atoms. The molecule has 0 spiro atoms. The molecule has 0 radical (unpaired) electrons. The fraction of sp³-hybridized carbons (Fsp3) is 0.647. The number of aliphatic hydroxyl groups is 1. The number of rotatable bonds is 8. The summed E-state index contributed by atoms with van der Waals surface area (Å²) in [4.78, 5) is 0. The minimum Gasteiger partial charge on any atom is -0.491 e. The molecule has 1 rings (SSSR count). The Morgan fingerprint density at radius 1 is 1.33 bits per heavy atom. The second-order valence-electron chi connectivity index (χ2n) is 6.65. The number of benzene rings is 1. The van der Waals surface area contributed by atoms with Gasteiger partial charge in [0.15, 0.2) is 0 Å². The zero-order chi connectivity index (χ0) is 16.0. The van der Waals surface area contributed by atoms with Crippen molar-refractivity contribution in [1.29, 1.82) is 0 Å². The molecular formula is C17H28ClNO2. The highest BCUT2D eigenvalue weighted by atomic mass is 35.5. The molecule has 1 atom stereocenters. The molecule has 0 aliphatic heterocycles. The maximum atomic E-state index is 9.96. The Labute approximate surface area is 133 Å². The van der Waals surface area contributed by atoms with Crippen LogP contribution in [0.2, 0.25) is 5.02 Å². The molecule has 0 aliphatic carbocycles. The van der Waals surface area contributed by atoms with E-state index in [-0.39, 0.29) is 12.0 Å². The van der Waals surface area contributed by atoms with Gasteiger partial charge >= 0.3 is 0 Å². The predicted molar refractivity (Wildman–Crippen MR) is 89.2 cm³/mol. The largest absolute Gasteiger partial charge is 0.491 e. The Balaban J connectivity index is 2.31. The molecule has 0 heterocycles. The first-order valence-electron chi connectivity index (χ1n) is 7.50. The molecule has 4 heteroatoms. The first kappa shape index (κ1) is 18.3. The number of ether oxygens (including phenoxy) is 1. The number of halogens is 1. The lowest BCUT2D eigenvalue weighted by atomic mass is 9.81. The summed E-state index contributed by atoms with van der Waals surface area (Å²) < 4.78 is 5.59. The van der Waals surface area contributed by atoms with Gasteiger partial charge in [0.05, 0.1) is 0 Å². The molecule has 1 aromatic rings. The second kappa shape index (κ2) is 8.02. The Bertz CT molecular complexity index is 446. The molecule has 0 bridgehead atoms. The van der Waals surface area contributed by atoms with E-state index in [0.717, 1.165) is 22.9 Å². The van der Waals surface area contributed by atoms with E-state index in [1.165, 1.54) is 0 Å². The molecule has 120 valence electrons. The maximum Gasteiger partial charge on any atom is 0.119 e. The van der Waals surface area contributed by atoms with Crippen molar-refractivity contribution in [3.8, 4) is 5.75 Å². The standard InChI is InChI=1S/C17H28ClNO2/c1-12(2)17(4,5)11-19-9-14(20)10-21-15-6-7-16(18)13(3)8-15/h6-8,12,14,19-20H,9-11H2,1-5H3. The first-order chi connectivity index (χ1) is 9.72. The zero-order valence-electron chi connectivity index (χ0n) is 13.7. The maximum absolute atomic E-state index is 9.96. The van der Waals surface area contributed by atoms with Crippen LogP contribution in [-0.2, 0) is 0 Å². The van der Waals surface area contributed by atoms with Crippen LogP contribution in [0.1, 0.15) is 33.3 Å². The molecule has 1 aromatic carbocycles. The van der Waals surface area contributed by atoms with Gasteiger partial charge in [0.2, 0.25) is 0 Å². The minimum absolute atomic E-state index is 0.216. The van der Waals surface area contributed by atoms with Gasteiger partial charge in [0, 0.05) is 18.1 Å². The van der Waals surface area contributed by atoms with Crippen LogP contribution in [0.25, 0.3) is 0 Å². The highest BCUT2D eigenvalue weighted by molar-refractivity contribution is 6.31. The first-order valence-corrected chi connectivity index (χ1v) is 7.88. The van der Waals surface area contributed by atoms with Gasteiger partial charge in [0.25, 0.3) is 0 Å². The highest BCUT2D eigenvalue weighted by Gasteiger charge is 2.21. The van der Waals surface area contributed by atoms with E-state index >= 15 is 0 Å². The Hall–Kier alpha value is -0.770. The van der Waals surface area contributed by atoms with Crippen LogP contribution in [0.5, 0.6) is 5.75 Å². The van der Waals surface area contributed by atoms with Crippen LogP contribution < -0.4 is 10.1 Å². The summed E-state index contributed by atoms with van der Waals surface area (Å²) in [6.45, 7) is 12.5. The minimum atomic E-state index is -0.524. The lowest BCUT2D eigenvalue weighted by Crippen LogP contribution is -2.39. The fourth-order valence-electron chi connectivity index (χ4n) is 1.72. The van der Waals surface area contributed by atoms with Gasteiger partial charge in [0.1, 0.15) is 18.5 Å². The van der Waals surface area contributed by atoms with E-state index < -0.39 is 6.10 Å². The van der Waals surface area contributed by atoms with Crippen molar-refractivity contribution in [2.24, 2.45) is 11.3 Å². The van der Waals surface area contributed by atoms with Crippen LogP contribution in [-0.4, -0.2) is 30.9 Å². The van der Waals surface area contributed by atoms with Crippen molar-refractivity contribution in [1.82, 2.24) is 5.32 Å². The summed E-state index contributed by atoms with van der Waals surface area (Å²) in [5.41, 5.74) is 1.19. The van der Waals surface area contributed by atoms with Crippen molar-refractivity contribution in [3.05, 3.63) is 28.8 Å². The SMILES string of the molecule is Cc1cc(OCC(O)CNCC(C)(C)C(C)C)ccc1Cl. The van der Waals surface area contributed by atoms with Crippen LogP contribution >= 0.6 is 11.6 Å². The summed E-state index contributed by atoms with van der Waals surface area (Å²) in [5, 5.41) is 14.0. The molecule has 0 aliphatic rings. The van der Waals surface area contributed by atoms with E-state index in [2.05, 4.69) is 33.0 Å². The number of hydrogen-bond donors (Lipinski definition) is 2. The Morgan fingerprint density at radius 2 is 2.00 bits per heavy atom. The van der Waals surface area contributed by atoms with Crippen LogP contribution in [0.15, 0.2) is 18.2 Å². The van der Waals surface area contributed by atoms with Gasteiger partial charge in [-0.25, -0.2) is 0 Å². The highest BCUT2D eigenvalue weighted by Crippen LogP contribution is 2.24. The predicted octanol–water partition coefficient (Wildman–Crippen LogP) is 3.66. The lowest BCUT2D eigenvalue weighted by Gasteiger charge is -2.30. The lowest BCUT2D eigenvalue weighted by molar-refractivity contribution is 0.101. The van der Waals surface area contributed by atoms with Crippen molar-refractivity contribution < 1.29 is 9.84 Å². The molecule has 3 nitrogen and oxygen atoms in total. The quantitative estimate of drug-likeness (QED) is 0.769. The van der Waals surface area contributed by atoms with Gasteiger partial charge in [-0.15, -0.1) is 0 Å². The van der Waals surface area contributed by atoms with Gasteiger partial charge in [-0.3, -0.25) is 0 Å². The zero-order valence-corrected chi connectivity index (χ0v) is 14.5. The third-order valence-electron chi connectivity index (χ3n) is 4.10. The Kier molecular flexibility index (Phi) is 6.98. The average Bonchev–Trinajstić information content (AvgIpc) is 2.39. The summed E-state index contributed by atoms with van der Waals surface area (Å²) in [5.74, 6) is 1.33. The number of aliphatic hydroxyl groups excluding tert-OH is 1. The number of aryl methyl sites for hydroxylation is 1. The van der Waals surface area contributed by atoms with E-state index in [9.17, 15) is 5.11 Å². The van der Waals surface area contributed by atoms with Crippen LogP contribution in [0.3, 0.4) is 0 Å². The second-order valence-corrected chi connectivity index (χ2v) is 7.06. The molecule has 0 saturated carbocycles.